The molecule has 1 fully saturated rings. The molecule has 41 heavy (non-hydrogen) atoms. The topological polar surface area (TPSA) is 80.9 Å². The number of ether oxygens (including phenoxy) is 3. The van der Waals surface area contributed by atoms with E-state index < -0.39 is 6.09 Å². The summed E-state index contributed by atoms with van der Waals surface area (Å²) in [5.74, 6) is 0.470. The summed E-state index contributed by atoms with van der Waals surface area (Å²) in [6, 6.07) is 5.99. The summed E-state index contributed by atoms with van der Waals surface area (Å²) in [6.45, 7) is 2.53. The van der Waals surface area contributed by atoms with Crippen LogP contribution in [0.15, 0.2) is 60.9 Å². The monoisotopic (exact) mass is 564 g/mol. The van der Waals surface area contributed by atoms with E-state index in [4.69, 9.17) is 14.2 Å². The molecule has 1 saturated heterocycles. The van der Waals surface area contributed by atoms with E-state index in [1.807, 2.05) is 24.4 Å². The van der Waals surface area contributed by atoms with Crippen molar-refractivity contribution in [2.45, 2.75) is 96.4 Å². The van der Waals surface area contributed by atoms with Gasteiger partial charge < -0.3 is 24.1 Å². The highest BCUT2D eigenvalue weighted by molar-refractivity contribution is 5.84. The number of amides is 1. The number of rotatable bonds is 18. The van der Waals surface area contributed by atoms with E-state index in [9.17, 15) is 9.59 Å². The smallest absolute Gasteiger partial charge is 0.412 e. The van der Waals surface area contributed by atoms with Crippen molar-refractivity contribution in [1.82, 2.24) is 9.88 Å². The Hall–Kier alpha value is -3.48. The Bertz CT molecular complexity index is 1150. The van der Waals surface area contributed by atoms with E-state index in [1.165, 1.54) is 25.7 Å². The maximum absolute atomic E-state index is 12.7. The molecule has 1 atom stereocenters. The maximum Gasteiger partial charge on any atom is 0.412 e. The first-order valence-corrected chi connectivity index (χ1v) is 15.3. The van der Waals surface area contributed by atoms with Gasteiger partial charge in [0.15, 0.2) is 0 Å². The van der Waals surface area contributed by atoms with Crippen LogP contribution in [0, 0.1) is 0 Å². The Kier molecular flexibility index (Phi) is 14.7. The number of fused-ring (bicyclic) bond motifs is 1. The van der Waals surface area contributed by atoms with E-state index >= 15 is 0 Å². The molecular weight excluding hydrogens is 516 g/mol. The number of likely N-dealkylation sites (tertiary alicyclic amines) is 1. The Morgan fingerprint density at radius 3 is 2.44 bits per heavy atom. The van der Waals surface area contributed by atoms with Gasteiger partial charge in [-0.25, -0.2) is 4.79 Å². The van der Waals surface area contributed by atoms with Gasteiger partial charge in [0.2, 0.25) is 6.79 Å². The van der Waals surface area contributed by atoms with Crippen LogP contribution in [0.5, 0.6) is 5.75 Å². The number of unbranched alkanes of at least 4 members (excludes halogenated alkanes) is 5. The van der Waals surface area contributed by atoms with Gasteiger partial charge >= 0.3 is 12.1 Å². The van der Waals surface area contributed by atoms with E-state index in [0.29, 0.717) is 13.0 Å². The lowest BCUT2D eigenvalue weighted by Gasteiger charge is -2.23. The van der Waals surface area contributed by atoms with Gasteiger partial charge in [-0.05, 0) is 88.0 Å². The quantitative estimate of drug-likeness (QED) is 0.0851. The number of nitrogens with one attached hydrogen (secondary N) is 1. The Morgan fingerprint density at radius 2 is 1.71 bits per heavy atom. The number of aromatic amines is 1. The van der Waals surface area contributed by atoms with Crippen molar-refractivity contribution in [3.63, 3.8) is 0 Å². The fourth-order valence-corrected chi connectivity index (χ4v) is 5.12. The molecule has 1 aromatic carbocycles. The Morgan fingerprint density at radius 1 is 0.976 bits per heavy atom. The Labute approximate surface area is 245 Å². The number of H-pyrrole nitrogens is 1. The van der Waals surface area contributed by atoms with Crippen molar-refractivity contribution >= 4 is 23.0 Å². The Balaban J connectivity index is 1.24. The molecule has 1 unspecified atom stereocenters. The highest BCUT2D eigenvalue weighted by Gasteiger charge is 2.30. The van der Waals surface area contributed by atoms with Gasteiger partial charge in [-0.3, -0.25) is 4.79 Å². The molecule has 0 bridgehead atoms. The number of benzene rings is 1. The lowest BCUT2D eigenvalue weighted by atomic mass is 10.0. The highest BCUT2D eigenvalue weighted by atomic mass is 16.7. The highest BCUT2D eigenvalue weighted by Crippen LogP contribution is 2.28. The molecule has 1 amide bonds. The number of carbonyl (C=O) groups excluding carboxylic acids is 2. The molecule has 0 aliphatic carbocycles. The second-order valence-electron chi connectivity index (χ2n) is 10.6. The average Bonchev–Trinajstić information content (AvgIpc) is 3.62. The van der Waals surface area contributed by atoms with Crippen LogP contribution in [-0.4, -0.2) is 48.4 Å². The van der Waals surface area contributed by atoms with Crippen LogP contribution < -0.4 is 4.74 Å². The number of nitrogens with zero attached hydrogens (tertiary/aromatic N) is 1. The van der Waals surface area contributed by atoms with E-state index in [-0.39, 0.29) is 18.8 Å². The fourth-order valence-electron chi connectivity index (χ4n) is 5.12. The fraction of sp³-hybridized carbons (Fsp3) is 0.529. The van der Waals surface area contributed by atoms with E-state index in [2.05, 4.69) is 48.4 Å². The van der Waals surface area contributed by atoms with Crippen LogP contribution in [0.3, 0.4) is 0 Å². The van der Waals surface area contributed by atoms with Crippen molar-refractivity contribution < 1.29 is 23.8 Å². The summed E-state index contributed by atoms with van der Waals surface area (Å²) >= 11 is 0. The number of methoxy groups -OCH3 is 1. The molecule has 2 heterocycles. The number of aromatic nitrogens is 1. The summed E-state index contributed by atoms with van der Waals surface area (Å²) in [7, 11) is 1.66. The minimum Gasteiger partial charge on any atom is -0.497 e. The zero-order valence-corrected chi connectivity index (χ0v) is 24.9. The predicted molar refractivity (Wildman–Crippen MR) is 165 cm³/mol. The molecule has 0 saturated carbocycles. The summed E-state index contributed by atoms with van der Waals surface area (Å²) < 4.78 is 15.8. The van der Waals surface area contributed by atoms with Crippen molar-refractivity contribution in [3.8, 4) is 5.75 Å². The zero-order chi connectivity index (χ0) is 29.1. The largest absolute Gasteiger partial charge is 0.497 e. The molecule has 3 rings (SSSR count). The lowest BCUT2D eigenvalue weighted by molar-refractivity contribution is -0.152. The van der Waals surface area contributed by atoms with Gasteiger partial charge in [0.25, 0.3) is 0 Å². The molecular formula is C34H48N2O5. The van der Waals surface area contributed by atoms with Crippen LogP contribution in [0.1, 0.15) is 89.5 Å². The van der Waals surface area contributed by atoms with Gasteiger partial charge in [-0.1, -0.05) is 56.2 Å². The SMILES string of the molecule is CCCCC/C=C\C/C=C\C/C=C\CCCCC(=O)OCOC(=O)N1CCCC1Cc1c[nH]c2ccc(OC)cc12. The molecule has 224 valence electrons. The third-order valence-electron chi connectivity index (χ3n) is 7.46. The second-order valence-corrected chi connectivity index (χ2v) is 10.6. The molecule has 0 radical (unpaired) electrons. The minimum absolute atomic E-state index is 0.0455. The molecule has 7 nitrogen and oxygen atoms in total. The number of carbonyl (C=O) groups is 2. The molecule has 1 aromatic heterocycles. The second kappa shape index (κ2) is 18.8. The third kappa shape index (κ3) is 11.5. The first kappa shape index (κ1) is 32.0. The van der Waals surface area contributed by atoms with Crippen LogP contribution >= 0.6 is 0 Å². The first-order chi connectivity index (χ1) is 20.1. The summed E-state index contributed by atoms with van der Waals surface area (Å²) in [4.78, 5) is 29.8. The molecule has 7 heteroatoms. The summed E-state index contributed by atoms with van der Waals surface area (Å²) in [5, 5.41) is 1.10. The van der Waals surface area contributed by atoms with E-state index in [0.717, 1.165) is 73.6 Å². The molecule has 1 aliphatic heterocycles. The molecule has 1 aliphatic rings. The molecule has 1 N–H and O–H groups in total. The molecule has 0 spiro atoms. The normalized spacial score (nSPS) is 15.6. The lowest BCUT2D eigenvalue weighted by Crippen LogP contribution is -2.37. The standard InChI is InChI=1S/C34H48N2O5/c1-3-4-5-6-7-8-9-10-11-12-13-14-15-16-17-20-33(37)40-27-41-34(38)36-23-18-19-29(36)24-28-26-35-32-22-21-30(39-2)25-31(28)32/h7-8,10-11,13-14,21-22,25-26,29,35H,3-6,9,12,15-20,23-24,27H2,1-2H3/b8-7-,11-10-,14-13-. The van der Waals surface area contributed by atoms with Gasteiger partial charge in [-0.2, -0.15) is 0 Å². The third-order valence-corrected chi connectivity index (χ3v) is 7.46. The first-order valence-electron chi connectivity index (χ1n) is 15.3. The number of esters is 1. The summed E-state index contributed by atoms with van der Waals surface area (Å²) in [5.41, 5.74) is 2.18. The predicted octanol–water partition coefficient (Wildman–Crippen LogP) is 8.41. The van der Waals surface area contributed by atoms with Gasteiger partial charge in [-0.15, -0.1) is 0 Å². The van der Waals surface area contributed by atoms with Crippen molar-refractivity contribution in [2.24, 2.45) is 0 Å². The van der Waals surface area contributed by atoms with Crippen LogP contribution in [0.2, 0.25) is 0 Å². The van der Waals surface area contributed by atoms with Gasteiger partial charge in [0.1, 0.15) is 5.75 Å². The van der Waals surface area contributed by atoms with Crippen molar-refractivity contribution in [2.75, 3.05) is 20.4 Å². The van der Waals surface area contributed by atoms with Crippen molar-refractivity contribution in [3.05, 3.63) is 66.4 Å². The number of hydrogen-bond donors (Lipinski definition) is 1. The average molecular weight is 565 g/mol. The van der Waals surface area contributed by atoms with Gasteiger partial charge in [0.05, 0.1) is 7.11 Å². The van der Waals surface area contributed by atoms with Crippen LogP contribution in [0.4, 0.5) is 4.79 Å². The van der Waals surface area contributed by atoms with Gasteiger partial charge in [0, 0.05) is 36.1 Å². The number of allylic oxidation sites excluding steroid dienone is 6. The van der Waals surface area contributed by atoms with Crippen LogP contribution in [-0.2, 0) is 20.7 Å². The van der Waals surface area contributed by atoms with Crippen molar-refractivity contribution in [1.29, 1.82) is 0 Å². The number of hydrogen-bond acceptors (Lipinski definition) is 5. The van der Waals surface area contributed by atoms with Crippen LogP contribution in [0.25, 0.3) is 10.9 Å². The van der Waals surface area contributed by atoms with E-state index in [1.54, 1.807) is 12.0 Å². The zero-order valence-electron chi connectivity index (χ0n) is 24.9. The summed E-state index contributed by atoms with van der Waals surface area (Å²) in [6.07, 6.45) is 27.3. The minimum atomic E-state index is -0.431. The molecule has 2 aromatic rings. The maximum atomic E-state index is 12.7.